The predicted octanol–water partition coefficient (Wildman–Crippen LogP) is 2.11. The number of halogens is 1. The maximum atomic E-state index is 11.8. The summed E-state index contributed by atoms with van der Waals surface area (Å²) in [5, 5.41) is 0.483. The molecule has 0 unspecified atom stereocenters. The molecule has 0 radical (unpaired) electrons. The summed E-state index contributed by atoms with van der Waals surface area (Å²) in [4.78, 5) is 46.7. The molecule has 1 aromatic rings. The molecule has 5 atom stereocenters. The van der Waals surface area contributed by atoms with Crippen LogP contribution >= 0.6 is 11.6 Å². The van der Waals surface area contributed by atoms with Gasteiger partial charge in [-0.05, 0) is 30.7 Å². The molecule has 11 heteroatoms. The lowest BCUT2D eigenvalue weighted by molar-refractivity contribution is -0.288. The molecule has 1 saturated heterocycles. The van der Waals surface area contributed by atoms with Gasteiger partial charge < -0.3 is 28.4 Å². The first-order valence-electron chi connectivity index (χ1n) is 9.71. The summed E-state index contributed by atoms with van der Waals surface area (Å²) in [5.41, 5.74) is 0.658. The van der Waals surface area contributed by atoms with Gasteiger partial charge in [0.25, 0.3) is 0 Å². The molecule has 0 saturated carbocycles. The molecule has 1 aliphatic rings. The zero-order valence-corrected chi connectivity index (χ0v) is 19.0. The molecule has 0 amide bonds. The first-order chi connectivity index (χ1) is 15.0. The van der Waals surface area contributed by atoms with Crippen LogP contribution in [0.1, 0.15) is 33.3 Å². The SMILES string of the molecule is CC(=O)OC[C@H]1O[C@@H](Oc2ccc(Cl)cc2C)[C@H](OC(C)=O)[C@@H](OC(C)=O)[C@@H]1OC(C)=O. The molecule has 32 heavy (non-hydrogen) atoms. The molecule has 0 bridgehead atoms. The van der Waals surface area contributed by atoms with Crippen LogP contribution in [0.25, 0.3) is 0 Å². The number of hydrogen-bond acceptors (Lipinski definition) is 10. The van der Waals surface area contributed by atoms with Gasteiger partial charge in [-0.3, -0.25) is 19.2 Å². The van der Waals surface area contributed by atoms with Gasteiger partial charge in [0.15, 0.2) is 12.2 Å². The minimum atomic E-state index is -1.30. The molecule has 0 N–H and O–H groups in total. The third-order valence-corrected chi connectivity index (χ3v) is 4.56. The van der Waals surface area contributed by atoms with E-state index in [0.29, 0.717) is 16.3 Å². The number of benzene rings is 1. The second-order valence-corrected chi connectivity index (χ2v) is 7.53. The van der Waals surface area contributed by atoms with Crippen molar-refractivity contribution in [1.29, 1.82) is 0 Å². The highest BCUT2D eigenvalue weighted by atomic mass is 35.5. The van der Waals surface area contributed by atoms with Gasteiger partial charge in [-0.2, -0.15) is 0 Å². The fourth-order valence-corrected chi connectivity index (χ4v) is 3.38. The number of esters is 4. The van der Waals surface area contributed by atoms with E-state index in [1.807, 2.05) is 0 Å². The lowest BCUT2D eigenvalue weighted by Gasteiger charge is -2.44. The first kappa shape index (κ1) is 25.4. The highest BCUT2D eigenvalue weighted by Crippen LogP contribution is 2.32. The maximum absolute atomic E-state index is 11.8. The van der Waals surface area contributed by atoms with E-state index in [1.54, 1.807) is 25.1 Å². The molecule has 0 aliphatic carbocycles. The van der Waals surface area contributed by atoms with Crippen molar-refractivity contribution in [2.45, 2.75) is 65.3 Å². The highest BCUT2D eigenvalue weighted by Gasteiger charge is 2.53. The molecule has 1 heterocycles. The largest absolute Gasteiger partial charge is 0.463 e. The lowest BCUT2D eigenvalue weighted by atomic mass is 9.98. The van der Waals surface area contributed by atoms with Crippen LogP contribution in [0.15, 0.2) is 18.2 Å². The van der Waals surface area contributed by atoms with Gasteiger partial charge in [-0.25, -0.2) is 0 Å². The lowest BCUT2D eigenvalue weighted by Crippen LogP contribution is -2.63. The van der Waals surface area contributed by atoms with Crippen LogP contribution in [-0.2, 0) is 42.9 Å². The van der Waals surface area contributed by atoms with E-state index in [4.69, 9.17) is 40.0 Å². The Morgan fingerprint density at radius 3 is 1.97 bits per heavy atom. The Labute approximate surface area is 190 Å². The first-order valence-corrected chi connectivity index (χ1v) is 10.1. The summed E-state index contributed by atoms with van der Waals surface area (Å²) in [7, 11) is 0. The zero-order chi connectivity index (χ0) is 24.0. The molecule has 10 nitrogen and oxygen atoms in total. The Morgan fingerprint density at radius 2 is 1.44 bits per heavy atom. The van der Waals surface area contributed by atoms with Crippen molar-refractivity contribution in [3.63, 3.8) is 0 Å². The fraction of sp³-hybridized carbons (Fsp3) is 0.524. The Balaban J connectivity index is 2.47. The van der Waals surface area contributed by atoms with E-state index in [0.717, 1.165) is 20.8 Å². The fourth-order valence-electron chi connectivity index (χ4n) is 3.15. The molecular formula is C21H25ClO10. The Morgan fingerprint density at radius 1 is 0.875 bits per heavy atom. The zero-order valence-electron chi connectivity index (χ0n) is 18.3. The number of ether oxygens (including phenoxy) is 6. The summed E-state index contributed by atoms with van der Waals surface area (Å²) < 4.78 is 32.8. The van der Waals surface area contributed by atoms with Crippen molar-refractivity contribution in [1.82, 2.24) is 0 Å². The van der Waals surface area contributed by atoms with Gasteiger partial charge in [0.2, 0.25) is 12.4 Å². The van der Waals surface area contributed by atoms with Crippen LogP contribution in [0.5, 0.6) is 5.75 Å². The van der Waals surface area contributed by atoms with Crippen LogP contribution in [0.2, 0.25) is 5.02 Å². The topological polar surface area (TPSA) is 124 Å². The molecule has 1 aliphatic heterocycles. The van der Waals surface area contributed by atoms with Crippen LogP contribution in [0, 0.1) is 6.92 Å². The summed E-state index contributed by atoms with van der Waals surface area (Å²) in [6.45, 7) is 6.05. The monoisotopic (exact) mass is 472 g/mol. The molecular weight excluding hydrogens is 448 g/mol. The smallest absolute Gasteiger partial charge is 0.303 e. The van der Waals surface area contributed by atoms with E-state index >= 15 is 0 Å². The van der Waals surface area contributed by atoms with E-state index in [2.05, 4.69) is 0 Å². The molecule has 0 spiro atoms. The normalized spacial score (nSPS) is 24.8. The second kappa shape index (κ2) is 11.1. The van der Waals surface area contributed by atoms with Crippen LogP contribution < -0.4 is 4.74 Å². The van der Waals surface area contributed by atoms with Crippen molar-refractivity contribution < 1.29 is 47.6 Å². The number of carbonyl (C=O) groups is 4. The standard InChI is InChI=1S/C21H25ClO10/c1-10-8-15(22)6-7-16(10)31-21-20(30-14(5)26)19(29-13(4)25)18(28-12(3)24)17(32-21)9-27-11(2)23/h6-8,17-21H,9H2,1-5H3/t17-,18-,19+,20-,21-/m1/s1. The van der Waals surface area contributed by atoms with Gasteiger partial charge in [0, 0.05) is 32.7 Å². The molecule has 1 fully saturated rings. The third kappa shape index (κ3) is 7.10. The average molecular weight is 473 g/mol. The third-order valence-electron chi connectivity index (χ3n) is 4.33. The van der Waals surface area contributed by atoms with E-state index in [1.165, 1.54) is 6.92 Å². The Hall–Kier alpha value is -2.85. The Bertz CT molecular complexity index is 870. The average Bonchev–Trinajstić information content (AvgIpc) is 2.65. The van der Waals surface area contributed by atoms with Gasteiger partial charge in [0.05, 0.1) is 0 Å². The van der Waals surface area contributed by atoms with Crippen molar-refractivity contribution in [2.75, 3.05) is 6.61 Å². The summed E-state index contributed by atoms with van der Waals surface area (Å²) in [6.07, 6.45) is -6.23. The van der Waals surface area contributed by atoms with Gasteiger partial charge in [-0.1, -0.05) is 11.6 Å². The highest BCUT2D eigenvalue weighted by molar-refractivity contribution is 6.30. The molecule has 2 rings (SSSR count). The molecule has 1 aromatic carbocycles. The number of carbonyl (C=O) groups excluding carboxylic acids is 4. The second-order valence-electron chi connectivity index (χ2n) is 7.10. The van der Waals surface area contributed by atoms with Crippen molar-refractivity contribution in [3.8, 4) is 5.75 Å². The molecule has 0 aromatic heterocycles. The van der Waals surface area contributed by atoms with Crippen molar-refractivity contribution in [3.05, 3.63) is 28.8 Å². The van der Waals surface area contributed by atoms with E-state index in [-0.39, 0.29) is 6.61 Å². The van der Waals surface area contributed by atoms with Crippen LogP contribution in [0.4, 0.5) is 0 Å². The van der Waals surface area contributed by atoms with E-state index < -0.39 is 54.6 Å². The van der Waals surface area contributed by atoms with E-state index in [9.17, 15) is 19.2 Å². The maximum Gasteiger partial charge on any atom is 0.303 e. The van der Waals surface area contributed by atoms with Gasteiger partial charge in [0.1, 0.15) is 18.5 Å². The summed E-state index contributed by atoms with van der Waals surface area (Å²) >= 11 is 5.99. The minimum Gasteiger partial charge on any atom is -0.463 e. The van der Waals surface area contributed by atoms with Gasteiger partial charge >= 0.3 is 23.9 Å². The van der Waals surface area contributed by atoms with Crippen LogP contribution in [0.3, 0.4) is 0 Å². The number of hydrogen-bond donors (Lipinski definition) is 0. The number of rotatable bonds is 7. The minimum absolute atomic E-state index is 0.336. The quantitative estimate of drug-likeness (QED) is 0.430. The van der Waals surface area contributed by atoms with Crippen molar-refractivity contribution >= 4 is 35.5 Å². The summed E-state index contributed by atoms with van der Waals surface area (Å²) in [5.74, 6) is -2.39. The van der Waals surface area contributed by atoms with Gasteiger partial charge in [-0.15, -0.1) is 0 Å². The summed E-state index contributed by atoms with van der Waals surface area (Å²) in [6, 6.07) is 4.84. The predicted molar refractivity (Wildman–Crippen MR) is 109 cm³/mol. The van der Waals surface area contributed by atoms with Crippen molar-refractivity contribution in [2.24, 2.45) is 0 Å². The number of aryl methyl sites for hydroxylation is 1. The molecule has 176 valence electrons. The Kier molecular flexibility index (Phi) is 8.85. The van der Waals surface area contributed by atoms with Crippen LogP contribution in [-0.4, -0.2) is 61.2 Å².